The van der Waals surface area contributed by atoms with E-state index in [0.29, 0.717) is 19.1 Å². The molecule has 0 aliphatic carbocycles. The van der Waals surface area contributed by atoms with E-state index < -0.39 is 21.8 Å². The number of aliphatic carboxylic acids is 2. The van der Waals surface area contributed by atoms with Crippen LogP contribution >= 0.6 is 0 Å². The quantitative estimate of drug-likeness (QED) is 0.583. The number of carboxylic acid groups (broad SMARTS) is 2. The highest BCUT2D eigenvalue weighted by Crippen LogP contribution is 2.36. The SMILES string of the molecule is CN(C)C1CCOC2(CCN(C(=O)CCS(C)(=O)=O)CC2)C1.O=C(O)C(=O)O. The van der Waals surface area contributed by atoms with Crippen molar-refractivity contribution in [1.82, 2.24) is 9.80 Å². The van der Waals surface area contributed by atoms with Gasteiger partial charge in [0.25, 0.3) is 0 Å². The second-order valence-electron chi connectivity index (χ2n) is 7.51. The van der Waals surface area contributed by atoms with Crippen LogP contribution in [-0.2, 0) is 29.0 Å². The molecule has 2 rings (SSSR count). The minimum atomic E-state index is -3.08. The summed E-state index contributed by atoms with van der Waals surface area (Å²) < 4.78 is 28.4. The third kappa shape index (κ3) is 8.11. The fraction of sp³-hybridized carbons (Fsp3) is 0.824. The number of hydrogen-bond donors (Lipinski definition) is 2. The maximum Gasteiger partial charge on any atom is 0.414 e. The highest BCUT2D eigenvalue weighted by molar-refractivity contribution is 7.90. The van der Waals surface area contributed by atoms with Crippen molar-refractivity contribution in [3.05, 3.63) is 0 Å². The fourth-order valence-corrected chi connectivity index (χ4v) is 3.93. The normalized spacial score (nSPS) is 21.7. The minimum absolute atomic E-state index is 0.0553. The highest BCUT2D eigenvalue weighted by atomic mass is 32.2. The number of sulfone groups is 1. The lowest BCUT2D eigenvalue weighted by Crippen LogP contribution is -2.53. The van der Waals surface area contributed by atoms with Crippen LogP contribution in [0.3, 0.4) is 0 Å². The summed E-state index contributed by atoms with van der Waals surface area (Å²) >= 11 is 0. The Morgan fingerprint density at radius 1 is 1.14 bits per heavy atom. The lowest BCUT2D eigenvalue weighted by atomic mass is 9.82. The summed E-state index contributed by atoms with van der Waals surface area (Å²) in [5.74, 6) is -3.77. The van der Waals surface area contributed by atoms with Gasteiger partial charge < -0.3 is 24.7 Å². The van der Waals surface area contributed by atoms with Crippen LogP contribution in [0.4, 0.5) is 0 Å². The lowest BCUT2D eigenvalue weighted by molar-refractivity contribution is -0.159. The summed E-state index contributed by atoms with van der Waals surface area (Å²) in [6.07, 6.45) is 5.04. The van der Waals surface area contributed by atoms with Crippen LogP contribution in [0.1, 0.15) is 32.1 Å². The van der Waals surface area contributed by atoms with Crippen molar-refractivity contribution < 1.29 is 37.8 Å². The number of carbonyl (C=O) groups excluding carboxylic acids is 1. The van der Waals surface area contributed by atoms with E-state index in [4.69, 9.17) is 24.5 Å². The maximum atomic E-state index is 12.1. The molecule has 0 saturated carbocycles. The molecule has 10 nitrogen and oxygen atoms in total. The molecule has 28 heavy (non-hydrogen) atoms. The molecule has 1 atom stereocenters. The number of carbonyl (C=O) groups is 3. The molecule has 0 aromatic rings. The summed E-state index contributed by atoms with van der Waals surface area (Å²) in [5, 5.41) is 14.8. The van der Waals surface area contributed by atoms with E-state index in [2.05, 4.69) is 19.0 Å². The van der Waals surface area contributed by atoms with E-state index in [1.54, 1.807) is 4.90 Å². The van der Waals surface area contributed by atoms with E-state index in [0.717, 1.165) is 32.3 Å². The Morgan fingerprint density at radius 2 is 1.68 bits per heavy atom. The molecule has 2 heterocycles. The summed E-state index contributed by atoms with van der Waals surface area (Å²) in [6.45, 7) is 2.12. The zero-order chi connectivity index (χ0) is 21.5. The predicted molar refractivity (Wildman–Crippen MR) is 101 cm³/mol. The summed E-state index contributed by atoms with van der Waals surface area (Å²) in [4.78, 5) is 34.3. The van der Waals surface area contributed by atoms with Crippen molar-refractivity contribution in [2.24, 2.45) is 0 Å². The van der Waals surface area contributed by atoms with E-state index in [1.807, 2.05) is 0 Å². The molecule has 0 aromatic carbocycles. The molecule has 2 saturated heterocycles. The first kappa shape index (κ1) is 24.3. The van der Waals surface area contributed by atoms with Gasteiger partial charge in [-0.25, -0.2) is 18.0 Å². The maximum absolute atomic E-state index is 12.1. The Kier molecular flexibility index (Phi) is 8.83. The Balaban J connectivity index is 0.000000568. The molecule has 2 aliphatic heterocycles. The van der Waals surface area contributed by atoms with Crippen LogP contribution in [0.15, 0.2) is 0 Å². The van der Waals surface area contributed by atoms with E-state index in [1.165, 1.54) is 6.26 Å². The third-order valence-electron chi connectivity index (χ3n) is 5.09. The van der Waals surface area contributed by atoms with Gasteiger partial charge >= 0.3 is 11.9 Å². The van der Waals surface area contributed by atoms with E-state index >= 15 is 0 Å². The van der Waals surface area contributed by atoms with Crippen molar-refractivity contribution in [2.45, 2.75) is 43.7 Å². The number of piperidine rings is 1. The van der Waals surface area contributed by atoms with Gasteiger partial charge in [-0.3, -0.25) is 4.79 Å². The van der Waals surface area contributed by atoms with Crippen molar-refractivity contribution in [2.75, 3.05) is 45.8 Å². The van der Waals surface area contributed by atoms with Crippen LogP contribution < -0.4 is 0 Å². The number of carboxylic acids is 2. The molecule has 0 aromatic heterocycles. The molecule has 0 radical (unpaired) electrons. The number of likely N-dealkylation sites (tertiary alicyclic amines) is 1. The predicted octanol–water partition coefficient (Wildman–Crippen LogP) is -0.321. The van der Waals surface area contributed by atoms with E-state index in [-0.39, 0.29) is 23.7 Å². The standard InChI is InChI=1S/C15H28N2O4S.C2H2O4/c1-16(2)13-4-10-21-15(12-13)6-8-17(9-7-15)14(18)5-11-22(3,19)20;3-1(4)2(5)6/h13H,4-12H2,1-3H3;(H,3,4)(H,5,6). The largest absolute Gasteiger partial charge is 0.473 e. The van der Waals surface area contributed by atoms with Gasteiger partial charge in [0.05, 0.1) is 11.4 Å². The molecular weight excluding hydrogens is 392 g/mol. The van der Waals surface area contributed by atoms with Crippen LogP contribution in [0, 0.1) is 0 Å². The van der Waals surface area contributed by atoms with Gasteiger partial charge in [0.15, 0.2) is 0 Å². The van der Waals surface area contributed by atoms with Crippen molar-refractivity contribution in [3.63, 3.8) is 0 Å². The van der Waals surface area contributed by atoms with Crippen molar-refractivity contribution >= 4 is 27.7 Å². The number of ether oxygens (including phenoxy) is 1. The summed E-state index contributed by atoms with van der Waals surface area (Å²) in [7, 11) is 1.13. The number of nitrogens with zero attached hydrogens (tertiary/aromatic N) is 2. The lowest BCUT2D eigenvalue weighted by Gasteiger charge is -2.47. The van der Waals surface area contributed by atoms with Crippen LogP contribution in [0.2, 0.25) is 0 Å². The first-order valence-electron chi connectivity index (χ1n) is 9.07. The van der Waals surface area contributed by atoms with Gasteiger partial charge in [-0.15, -0.1) is 0 Å². The van der Waals surface area contributed by atoms with E-state index in [9.17, 15) is 13.2 Å². The average Bonchev–Trinajstić information content (AvgIpc) is 2.60. The molecule has 1 spiro atoms. The third-order valence-corrected chi connectivity index (χ3v) is 6.04. The molecule has 2 aliphatic rings. The average molecular weight is 423 g/mol. The molecule has 2 N–H and O–H groups in total. The second-order valence-corrected chi connectivity index (χ2v) is 9.77. The zero-order valence-corrected chi connectivity index (χ0v) is 17.4. The van der Waals surface area contributed by atoms with Crippen LogP contribution in [0.25, 0.3) is 0 Å². The molecule has 162 valence electrons. The molecule has 1 amide bonds. The monoisotopic (exact) mass is 422 g/mol. The van der Waals surface area contributed by atoms with Crippen molar-refractivity contribution in [3.8, 4) is 0 Å². The molecular formula is C17H30N2O8S. The van der Waals surface area contributed by atoms with Crippen LogP contribution in [0.5, 0.6) is 0 Å². The van der Waals surface area contributed by atoms with Gasteiger partial charge in [0.2, 0.25) is 5.91 Å². The number of amides is 1. The van der Waals surface area contributed by atoms with Crippen molar-refractivity contribution in [1.29, 1.82) is 0 Å². The Bertz CT molecular complexity index is 657. The number of hydrogen-bond acceptors (Lipinski definition) is 7. The van der Waals surface area contributed by atoms with Gasteiger partial charge in [-0.1, -0.05) is 0 Å². The summed E-state index contributed by atoms with van der Waals surface area (Å²) in [6, 6.07) is 0.543. The van der Waals surface area contributed by atoms with Crippen LogP contribution in [-0.4, -0.2) is 104 Å². The summed E-state index contributed by atoms with van der Waals surface area (Å²) in [5.41, 5.74) is -0.0964. The first-order valence-corrected chi connectivity index (χ1v) is 11.1. The second kappa shape index (κ2) is 10.2. The Hall–Kier alpha value is -1.72. The molecule has 0 bridgehead atoms. The minimum Gasteiger partial charge on any atom is -0.473 e. The highest BCUT2D eigenvalue weighted by Gasteiger charge is 2.41. The smallest absolute Gasteiger partial charge is 0.414 e. The Labute approximate surface area is 165 Å². The van der Waals surface area contributed by atoms with Gasteiger partial charge in [0.1, 0.15) is 9.84 Å². The fourth-order valence-electron chi connectivity index (χ4n) is 3.39. The number of rotatable bonds is 4. The topological polar surface area (TPSA) is 142 Å². The molecule has 11 heteroatoms. The first-order chi connectivity index (χ1) is 12.9. The zero-order valence-electron chi connectivity index (χ0n) is 16.6. The Morgan fingerprint density at radius 3 is 2.11 bits per heavy atom. The molecule has 2 fully saturated rings. The van der Waals surface area contributed by atoms with Gasteiger partial charge in [-0.05, 0) is 39.8 Å². The molecule has 1 unspecified atom stereocenters. The van der Waals surface area contributed by atoms with Gasteiger partial charge in [0, 0.05) is 38.4 Å². The van der Waals surface area contributed by atoms with Gasteiger partial charge in [-0.2, -0.15) is 0 Å².